The molecule has 0 spiro atoms. The number of aromatic hydroxyl groups is 1. The minimum Gasteiger partial charge on any atom is -0.508 e. The van der Waals surface area contributed by atoms with Crippen LogP contribution in [0, 0.1) is 0 Å². The summed E-state index contributed by atoms with van der Waals surface area (Å²) in [7, 11) is 0. The lowest BCUT2D eigenvalue weighted by molar-refractivity contribution is 0.222. The van der Waals surface area contributed by atoms with Crippen LogP contribution >= 0.6 is 0 Å². The van der Waals surface area contributed by atoms with Gasteiger partial charge in [-0.1, -0.05) is 12.8 Å². The van der Waals surface area contributed by atoms with Gasteiger partial charge in [-0.3, -0.25) is 4.68 Å². The third-order valence-electron chi connectivity index (χ3n) is 6.42. The van der Waals surface area contributed by atoms with Gasteiger partial charge < -0.3 is 20.2 Å². The highest BCUT2D eigenvalue weighted by Gasteiger charge is 2.14. The summed E-state index contributed by atoms with van der Waals surface area (Å²) in [5.74, 6) is 1.22. The molecular weight excluding hydrogens is 362 g/mol. The number of aromatic nitrogens is 2. The molecule has 29 heavy (non-hydrogen) atoms. The number of hydrogen-bond donors (Lipinski definition) is 2. The second-order valence-corrected chi connectivity index (χ2v) is 8.71. The summed E-state index contributed by atoms with van der Waals surface area (Å²) in [5.41, 5.74) is 1.11. The predicted molar refractivity (Wildman–Crippen MR) is 120 cm³/mol. The molecule has 1 aromatic heterocycles. The van der Waals surface area contributed by atoms with E-state index in [9.17, 15) is 5.11 Å². The van der Waals surface area contributed by atoms with Crippen molar-refractivity contribution in [3.05, 3.63) is 18.2 Å². The van der Waals surface area contributed by atoms with Crippen LogP contribution in [0.4, 0.5) is 5.82 Å². The fourth-order valence-corrected chi connectivity index (χ4v) is 4.79. The van der Waals surface area contributed by atoms with E-state index in [4.69, 9.17) is 5.10 Å². The molecule has 0 amide bonds. The van der Waals surface area contributed by atoms with Gasteiger partial charge >= 0.3 is 0 Å². The quantitative estimate of drug-likeness (QED) is 0.626. The maximum atomic E-state index is 9.97. The summed E-state index contributed by atoms with van der Waals surface area (Å²) in [5, 5.41) is 19.4. The SMILES string of the molecule is Oc1ccc2c(c1)c(NCCCN1CCCCC1)nn2CCCN1CCCCC1. The fraction of sp³-hybridized carbons (Fsp3) is 0.696. The van der Waals surface area contributed by atoms with Gasteiger partial charge in [0.2, 0.25) is 0 Å². The second kappa shape index (κ2) is 10.3. The third kappa shape index (κ3) is 5.64. The third-order valence-corrected chi connectivity index (χ3v) is 6.42. The average molecular weight is 400 g/mol. The Bertz CT molecular complexity index is 762. The Morgan fingerprint density at radius 2 is 1.48 bits per heavy atom. The fourth-order valence-electron chi connectivity index (χ4n) is 4.79. The summed E-state index contributed by atoms with van der Waals surface area (Å²) in [6, 6.07) is 5.61. The molecular formula is C23H37N5O. The van der Waals surface area contributed by atoms with E-state index in [-0.39, 0.29) is 0 Å². The van der Waals surface area contributed by atoms with Crippen LogP contribution < -0.4 is 5.32 Å². The predicted octanol–water partition coefficient (Wildman–Crippen LogP) is 3.91. The van der Waals surface area contributed by atoms with E-state index in [1.807, 2.05) is 12.1 Å². The zero-order valence-corrected chi connectivity index (χ0v) is 17.8. The normalized spacial score (nSPS) is 19.0. The van der Waals surface area contributed by atoms with E-state index >= 15 is 0 Å². The first-order valence-corrected chi connectivity index (χ1v) is 11.7. The standard InChI is InChI=1S/C23H37N5O/c29-20-9-10-22-21(19-20)23(24-11-7-16-26-12-3-1-4-13-26)25-28(22)18-8-17-27-14-5-2-6-15-27/h9-10,19,29H,1-8,11-18H2,(H,24,25). The van der Waals surface area contributed by atoms with Crippen LogP contribution in [0.25, 0.3) is 10.9 Å². The molecule has 2 N–H and O–H groups in total. The van der Waals surface area contributed by atoms with Crippen molar-refractivity contribution in [2.75, 3.05) is 51.1 Å². The summed E-state index contributed by atoms with van der Waals surface area (Å²) < 4.78 is 2.12. The molecule has 2 saturated heterocycles. The summed E-state index contributed by atoms with van der Waals surface area (Å²) in [4.78, 5) is 5.16. The number of phenols is 1. The number of piperidine rings is 2. The van der Waals surface area contributed by atoms with Gasteiger partial charge in [-0.15, -0.1) is 0 Å². The number of nitrogens with zero attached hydrogens (tertiary/aromatic N) is 4. The molecule has 160 valence electrons. The summed E-state index contributed by atoms with van der Waals surface area (Å²) in [6.07, 6.45) is 10.4. The first kappa shape index (κ1) is 20.5. The van der Waals surface area contributed by atoms with Gasteiger partial charge in [0.25, 0.3) is 0 Å². The molecule has 2 aliphatic rings. The van der Waals surface area contributed by atoms with Crippen molar-refractivity contribution in [3.63, 3.8) is 0 Å². The van der Waals surface area contributed by atoms with Crippen LogP contribution in [0.15, 0.2) is 18.2 Å². The van der Waals surface area contributed by atoms with Gasteiger partial charge in [-0.25, -0.2) is 0 Å². The van der Waals surface area contributed by atoms with Gasteiger partial charge in [0.05, 0.1) is 5.52 Å². The minimum absolute atomic E-state index is 0.307. The van der Waals surface area contributed by atoms with Crippen LogP contribution in [-0.2, 0) is 6.54 Å². The molecule has 3 heterocycles. The summed E-state index contributed by atoms with van der Waals surface area (Å²) in [6.45, 7) is 9.16. The number of likely N-dealkylation sites (tertiary alicyclic amines) is 2. The smallest absolute Gasteiger partial charge is 0.156 e. The highest BCUT2D eigenvalue weighted by atomic mass is 16.3. The lowest BCUT2D eigenvalue weighted by Crippen LogP contribution is -2.31. The molecule has 0 radical (unpaired) electrons. The average Bonchev–Trinajstić information content (AvgIpc) is 3.09. The maximum absolute atomic E-state index is 9.97. The Kier molecular flexibility index (Phi) is 7.28. The van der Waals surface area contributed by atoms with E-state index in [1.165, 1.54) is 64.7 Å². The van der Waals surface area contributed by atoms with E-state index in [1.54, 1.807) is 6.07 Å². The monoisotopic (exact) mass is 399 g/mol. The van der Waals surface area contributed by atoms with Crippen LogP contribution in [0.3, 0.4) is 0 Å². The second-order valence-electron chi connectivity index (χ2n) is 8.71. The van der Waals surface area contributed by atoms with Crippen LogP contribution in [0.1, 0.15) is 51.4 Å². The first-order valence-electron chi connectivity index (χ1n) is 11.7. The van der Waals surface area contributed by atoms with Crippen LogP contribution in [0.2, 0.25) is 0 Å². The number of aryl methyl sites for hydroxylation is 1. The van der Waals surface area contributed by atoms with Gasteiger partial charge in [-0.2, -0.15) is 5.10 Å². The van der Waals surface area contributed by atoms with E-state index < -0.39 is 0 Å². The lowest BCUT2D eigenvalue weighted by atomic mass is 10.1. The molecule has 2 fully saturated rings. The molecule has 0 unspecified atom stereocenters. The Hall–Kier alpha value is -1.79. The Morgan fingerprint density at radius 3 is 2.17 bits per heavy atom. The molecule has 2 aromatic rings. The van der Waals surface area contributed by atoms with Crippen molar-refractivity contribution in [2.45, 2.75) is 57.9 Å². The van der Waals surface area contributed by atoms with Gasteiger partial charge in [0, 0.05) is 18.5 Å². The number of nitrogens with one attached hydrogen (secondary N) is 1. The molecule has 0 atom stereocenters. The van der Waals surface area contributed by atoms with E-state index in [0.717, 1.165) is 55.7 Å². The van der Waals surface area contributed by atoms with Crippen molar-refractivity contribution in [2.24, 2.45) is 0 Å². The number of benzene rings is 1. The summed E-state index contributed by atoms with van der Waals surface area (Å²) >= 11 is 0. The van der Waals surface area contributed by atoms with Crippen molar-refractivity contribution in [1.29, 1.82) is 0 Å². The number of fused-ring (bicyclic) bond motifs is 1. The van der Waals surface area contributed by atoms with Gasteiger partial charge in [-0.05, 0) is 96.0 Å². The van der Waals surface area contributed by atoms with E-state index in [0.29, 0.717) is 5.75 Å². The lowest BCUT2D eigenvalue weighted by Gasteiger charge is -2.26. The highest BCUT2D eigenvalue weighted by Crippen LogP contribution is 2.27. The minimum atomic E-state index is 0.307. The molecule has 6 nitrogen and oxygen atoms in total. The Morgan fingerprint density at radius 1 is 0.828 bits per heavy atom. The largest absolute Gasteiger partial charge is 0.508 e. The number of hydrogen-bond acceptors (Lipinski definition) is 5. The molecule has 4 rings (SSSR count). The van der Waals surface area contributed by atoms with Gasteiger partial charge in [0.15, 0.2) is 5.82 Å². The van der Waals surface area contributed by atoms with Crippen molar-refractivity contribution >= 4 is 16.7 Å². The number of rotatable bonds is 9. The van der Waals surface area contributed by atoms with Gasteiger partial charge in [0.1, 0.15) is 5.75 Å². The zero-order chi connectivity index (χ0) is 19.9. The number of phenolic OH excluding ortho intramolecular Hbond substituents is 1. The molecule has 6 heteroatoms. The van der Waals surface area contributed by atoms with Crippen molar-refractivity contribution in [1.82, 2.24) is 19.6 Å². The number of anilines is 1. The molecule has 0 saturated carbocycles. The van der Waals surface area contributed by atoms with Crippen molar-refractivity contribution < 1.29 is 5.11 Å². The van der Waals surface area contributed by atoms with Crippen molar-refractivity contribution in [3.8, 4) is 5.75 Å². The van der Waals surface area contributed by atoms with Crippen LogP contribution in [0.5, 0.6) is 5.75 Å². The topological polar surface area (TPSA) is 56.6 Å². The van der Waals surface area contributed by atoms with Crippen LogP contribution in [-0.4, -0.2) is 70.5 Å². The highest BCUT2D eigenvalue weighted by molar-refractivity contribution is 5.91. The maximum Gasteiger partial charge on any atom is 0.156 e. The molecule has 0 bridgehead atoms. The molecule has 0 aliphatic carbocycles. The Labute approximate surface area is 174 Å². The first-order chi connectivity index (χ1) is 14.3. The van der Waals surface area contributed by atoms with E-state index in [2.05, 4.69) is 19.8 Å². The molecule has 2 aliphatic heterocycles. The molecule has 1 aromatic carbocycles. The zero-order valence-electron chi connectivity index (χ0n) is 17.8. The Balaban J connectivity index is 1.33.